The first-order valence-electron chi connectivity index (χ1n) is 6.72. The Balaban J connectivity index is 1.80. The molecule has 90 valence electrons. The Kier molecular flexibility index (Phi) is 3.54. The molecule has 16 heavy (non-hydrogen) atoms. The summed E-state index contributed by atoms with van der Waals surface area (Å²) in [7, 11) is 2.26. The Bertz CT molecular complexity index is 267. The van der Waals surface area contributed by atoms with Crippen molar-refractivity contribution in [1.29, 1.82) is 5.26 Å². The molecule has 2 fully saturated rings. The van der Waals surface area contributed by atoms with Crippen LogP contribution in [0.15, 0.2) is 0 Å². The first-order chi connectivity index (χ1) is 7.65. The van der Waals surface area contributed by atoms with Crippen LogP contribution in [0.2, 0.25) is 0 Å². The molecule has 0 aromatic carbocycles. The second-order valence-corrected chi connectivity index (χ2v) is 6.16. The molecule has 0 aromatic heterocycles. The van der Waals surface area contributed by atoms with E-state index in [2.05, 4.69) is 24.9 Å². The number of rotatable bonds is 4. The molecule has 2 aliphatic rings. The normalized spacial score (nSPS) is 32.4. The minimum atomic E-state index is 0.382. The second kappa shape index (κ2) is 4.75. The average molecular weight is 220 g/mol. The Morgan fingerprint density at radius 3 is 2.38 bits per heavy atom. The van der Waals surface area contributed by atoms with E-state index in [1.54, 1.807) is 0 Å². The standard InChI is InChI=1S/C14H24N2/c1-12-3-5-13(6-4-12)16(2)11-14(7-8-14)9-10-15/h12-13H,3-9,11H2,1-2H3. The third-order valence-electron chi connectivity index (χ3n) is 4.60. The maximum Gasteiger partial charge on any atom is 0.0628 e. The van der Waals surface area contributed by atoms with Crippen LogP contribution in [0.1, 0.15) is 51.9 Å². The van der Waals surface area contributed by atoms with Gasteiger partial charge in [0.15, 0.2) is 0 Å². The van der Waals surface area contributed by atoms with Crippen LogP contribution in [-0.4, -0.2) is 24.5 Å². The zero-order valence-corrected chi connectivity index (χ0v) is 10.7. The maximum atomic E-state index is 8.83. The van der Waals surface area contributed by atoms with Gasteiger partial charge in [0.25, 0.3) is 0 Å². The predicted molar refractivity (Wildman–Crippen MR) is 65.9 cm³/mol. The minimum Gasteiger partial charge on any atom is -0.303 e. The topological polar surface area (TPSA) is 27.0 Å². The number of hydrogen-bond donors (Lipinski definition) is 0. The molecule has 0 aromatic rings. The molecule has 2 saturated carbocycles. The summed E-state index contributed by atoms with van der Waals surface area (Å²) in [5, 5.41) is 8.83. The van der Waals surface area contributed by atoms with E-state index in [1.165, 1.54) is 38.5 Å². The molecule has 2 nitrogen and oxygen atoms in total. The zero-order chi connectivity index (χ0) is 11.6. The molecule has 0 unspecified atom stereocenters. The SMILES string of the molecule is CC1CCC(N(C)CC2(CC#N)CC2)CC1. The van der Waals surface area contributed by atoms with E-state index in [0.717, 1.165) is 24.9 Å². The Morgan fingerprint density at radius 2 is 1.88 bits per heavy atom. The molecular weight excluding hydrogens is 196 g/mol. The lowest BCUT2D eigenvalue weighted by Gasteiger charge is -2.35. The maximum absolute atomic E-state index is 8.83. The molecule has 0 atom stereocenters. The summed E-state index contributed by atoms with van der Waals surface area (Å²) in [4.78, 5) is 2.54. The lowest BCUT2D eigenvalue weighted by atomic mass is 9.86. The summed E-state index contributed by atoms with van der Waals surface area (Å²) < 4.78 is 0. The summed E-state index contributed by atoms with van der Waals surface area (Å²) in [5.74, 6) is 0.929. The number of hydrogen-bond acceptors (Lipinski definition) is 2. The summed E-state index contributed by atoms with van der Waals surface area (Å²) >= 11 is 0. The van der Waals surface area contributed by atoms with Crippen LogP contribution in [-0.2, 0) is 0 Å². The van der Waals surface area contributed by atoms with Gasteiger partial charge in [0.1, 0.15) is 0 Å². The Hall–Kier alpha value is -0.550. The lowest BCUT2D eigenvalue weighted by molar-refractivity contribution is 0.144. The first kappa shape index (κ1) is 11.9. The number of nitrogens with zero attached hydrogens (tertiary/aromatic N) is 2. The van der Waals surface area contributed by atoms with E-state index in [9.17, 15) is 0 Å². The molecular formula is C14H24N2. The summed E-state index contributed by atoms with van der Waals surface area (Å²) in [6.07, 6.45) is 8.81. The lowest BCUT2D eigenvalue weighted by Crippen LogP contribution is -2.38. The van der Waals surface area contributed by atoms with Crippen molar-refractivity contribution < 1.29 is 0 Å². The largest absolute Gasteiger partial charge is 0.303 e. The van der Waals surface area contributed by atoms with Crippen molar-refractivity contribution in [1.82, 2.24) is 4.90 Å². The van der Waals surface area contributed by atoms with Crippen molar-refractivity contribution in [2.24, 2.45) is 11.3 Å². The van der Waals surface area contributed by atoms with E-state index in [4.69, 9.17) is 5.26 Å². The molecule has 2 rings (SSSR count). The highest BCUT2D eigenvalue weighted by Crippen LogP contribution is 2.49. The average Bonchev–Trinajstić information content (AvgIpc) is 2.99. The van der Waals surface area contributed by atoms with Crippen LogP contribution in [0.4, 0.5) is 0 Å². The van der Waals surface area contributed by atoms with Crippen molar-refractivity contribution >= 4 is 0 Å². The summed E-state index contributed by atoms with van der Waals surface area (Å²) in [5.41, 5.74) is 0.382. The van der Waals surface area contributed by atoms with E-state index in [-0.39, 0.29) is 0 Å². The van der Waals surface area contributed by atoms with Crippen molar-refractivity contribution in [3.8, 4) is 6.07 Å². The van der Waals surface area contributed by atoms with Crippen molar-refractivity contribution in [3.05, 3.63) is 0 Å². The molecule has 0 spiro atoms. The highest BCUT2D eigenvalue weighted by atomic mass is 15.1. The fourth-order valence-electron chi connectivity index (χ4n) is 3.08. The van der Waals surface area contributed by atoms with Gasteiger partial charge in [0.05, 0.1) is 6.07 Å². The molecule has 0 aliphatic heterocycles. The van der Waals surface area contributed by atoms with E-state index in [1.807, 2.05) is 0 Å². The van der Waals surface area contributed by atoms with Gasteiger partial charge in [-0.1, -0.05) is 6.92 Å². The molecule has 2 heteroatoms. The van der Waals surface area contributed by atoms with Crippen LogP contribution in [0.3, 0.4) is 0 Å². The van der Waals surface area contributed by atoms with Gasteiger partial charge in [0, 0.05) is 19.0 Å². The van der Waals surface area contributed by atoms with E-state index in [0.29, 0.717) is 5.41 Å². The van der Waals surface area contributed by atoms with Gasteiger partial charge in [0.2, 0.25) is 0 Å². The van der Waals surface area contributed by atoms with Gasteiger partial charge < -0.3 is 4.90 Å². The Labute approximate surface area is 99.6 Å². The molecule has 0 N–H and O–H groups in total. The molecule has 0 amide bonds. The van der Waals surface area contributed by atoms with Gasteiger partial charge in [-0.3, -0.25) is 0 Å². The van der Waals surface area contributed by atoms with Crippen LogP contribution < -0.4 is 0 Å². The van der Waals surface area contributed by atoms with Crippen LogP contribution in [0, 0.1) is 22.7 Å². The van der Waals surface area contributed by atoms with Gasteiger partial charge in [-0.25, -0.2) is 0 Å². The van der Waals surface area contributed by atoms with E-state index >= 15 is 0 Å². The van der Waals surface area contributed by atoms with Crippen molar-refractivity contribution in [2.75, 3.05) is 13.6 Å². The van der Waals surface area contributed by atoms with Gasteiger partial charge in [-0.05, 0) is 56.9 Å². The second-order valence-electron chi connectivity index (χ2n) is 6.16. The minimum absolute atomic E-state index is 0.382. The van der Waals surface area contributed by atoms with Crippen molar-refractivity contribution in [3.63, 3.8) is 0 Å². The highest BCUT2D eigenvalue weighted by Gasteiger charge is 2.43. The van der Waals surface area contributed by atoms with Crippen LogP contribution >= 0.6 is 0 Å². The van der Waals surface area contributed by atoms with Crippen LogP contribution in [0.5, 0.6) is 0 Å². The monoisotopic (exact) mass is 220 g/mol. The summed E-state index contributed by atoms with van der Waals surface area (Å²) in [6.45, 7) is 3.52. The molecule has 0 bridgehead atoms. The highest BCUT2D eigenvalue weighted by molar-refractivity contribution is 5.01. The predicted octanol–water partition coefficient (Wildman–Crippen LogP) is 3.19. The fourth-order valence-corrected chi connectivity index (χ4v) is 3.08. The van der Waals surface area contributed by atoms with Gasteiger partial charge >= 0.3 is 0 Å². The third-order valence-corrected chi connectivity index (χ3v) is 4.60. The molecule has 0 saturated heterocycles. The van der Waals surface area contributed by atoms with Crippen molar-refractivity contribution in [2.45, 2.75) is 57.9 Å². The first-order valence-corrected chi connectivity index (χ1v) is 6.72. The molecule has 2 aliphatic carbocycles. The summed E-state index contributed by atoms with van der Waals surface area (Å²) in [6, 6.07) is 3.14. The number of nitriles is 1. The van der Waals surface area contributed by atoms with Crippen LogP contribution in [0.25, 0.3) is 0 Å². The molecule has 0 heterocycles. The third kappa shape index (κ3) is 2.77. The fraction of sp³-hybridized carbons (Fsp3) is 0.929. The van der Waals surface area contributed by atoms with Gasteiger partial charge in [-0.15, -0.1) is 0 Å². The zero-order valence-electron chi connectivity index (χ0n) is 10.7. The quantitative estimate of drug-likeness (QED) is 0.727. The smallest absolute Gasteiger partial charge is 0.0628 e. The Morgan fingerprint density at radius 1 is 1.25 bits per heavy atom. The molecule has 0 radical (unpaired) electrons. The van der Waals surface area contributed by atoms with Gasteiger partial charge in [-0.2, -0.15) is 5.26 Å². The van der Waals surface area contributed by atoms with E-state index < -0.39 is 0 Å².